The van der Waals surface area contributed by atoms with E-state index in [2.05, 4.69) is 16.0 Å². The summed E-state index contributed by atoms with van der Waals surface area (Å²) in [4.78, 5) is 25.6. The Kier molecular flexibility index (Phi) is 6.05. The molecule has 0 saturated heterocycles. The molecule has 6 nitrogen and oxygen atoms in total. The van der Waals surface area contributed by atoms with Crippen LogP contribution in [0.3, 0.4) is 0 Å². The van der Waals surface area contributed by atoms with E-state index in [0.29, 0.717) is 0 Å². The zero-order valence-corrected chi connectivity index (χ0v) is 13.9. The predicted molar refractivity (Wildman–Crippen MR) is 90.8 cm³/mol. The average Bonchev–Trinajstić information content (AvgIpc) is 2.36. The molecule has 0 spiro atoms. The number of halogens is 1. The molecular formula is C15H23ClN4O2. The van der Waals surface area contributed by atoms with Crippen LogP contribution in [0.1, 0.15) is 20.8 Å². The average molecular weight is 327 g/mol. The first-order valence-electron chi connectivity index (χ1n) is 7.05. The van der Waals surface area contributed by atoms with Crippen molar-refractivity contribution in [3.63, 3.8) is 0 Å². The summed E-state index contributed by atoms with van der Waals surface area (Å²) in [6, 6.07) is 7.36. The molecule has 0 unspecified atom stereocenters. The van der Waals surface area contributed by atoms with Crippen molar-refractivity contribution < 1.29 is 9.59 Å². The van der Waals surface area contributed by atoms with Crippen molar-refractivity contribution in [1.82, 2.24) is 10.6 Å². The Morgan fingerprint density at radius 3 is 2.64 bits per heavy atom. The van der Waals surface area contributed by atoms with Gasteiger partial charge in [0, 0.05) is 18.6 Å². The van der Waals surface area contributed by atoms with E-state index < -0.39 is 6.03 Å². The maximum Gasteiger partial charge on any atom is 0.321 e. The van der Waals surface area contributed by atoms with E-state index in [1.54, 1.807) is 0 Å². The van der Waals surface area contributed by atoms with Crippen LogP contribution in [0.4, 0.5) is 16.2 Å². The molecule has 0 atom stereocenters. The van der Waals surface area contributed by atoms with E-state index in [1.807, 2.05) is 49.9 Å². The number of amides is 3. The van der Waals surface area contributed by atoms with Crippen molar-refractivity contribution in [2.75, 3.05) is 29.9 Å². The van der Waals surface area contributed by atoms with Crippen molar-refractivity contribution in [3.05, 3.63) is 24.3 Å². The van der Waals surface area contributed by atoms with Gasteiger partial charge in [-0.15, -0.1) is 12.4 Å². The van der Waals surface area contributed by atoms with Crippen molar-refractivity contribution >= 4 is 35.7 Å². The molecule has 0 fully saturated rings. The summed E-state index contributed by atoms with van der Waals surface area (Å²) >= 11 is 0. The monoisotopic (exact) mass is 326 g/mol. The molecule has 0 bridgehead atoms. The summed E-state index contributed by atoms with van der Waals surface area (Å²) in [5.74, 6) is -0.312. The Morgan fingerprint density at radius 1 is 1.27 bits per heavy atom. The van der Waals surface area contributed by atoms with E-state index in [4.69, 9.17) is 0 Å². The van der Waals surface area contributed by atoms with Gasteiger partial charge in [0.1, 0.15) is 0 Å². The van der Waals surface area contributed by atoms with Crippen molar-refractivity contribution in [3.8, 4) is 0 Å². The highest BCUT2D eigenvalue weighted by atomic mass is 35.5. The topological polar surface area (TPSA) is 73.5 Å². The number of rotatable bonds is 2. The molecule has 122 valence electrons. The largest absolute Gasteiger partial charge is 0.382 e. The first kappa shape index (κ1) is 18.1. The molecule has 1 heterocycles. The number of nitrogens with one attached hydrogen (secondary N) is 3. The van der Waals surface area contributed by atoms with Crippen LogP contribution < -0.4 is 20.9 Å². The highest BCUT2D eigenvalue weighted by Gasteiger charge is 2.20. The molecule has 3 amide bonds. The second-order valence-electron chi connectivity index (χ2n) is 6.12. The Hall–Kier alpha value is -1.95. The molecule has 2 rings (SSSR count). The number of anilines is 2. The van der Waals surface area contributed by atoms with Gasteiger partial charge in [-0.1, -0.05) is 12.1 Å². The molecule has 1 aromatic carbocycles. The summed E-state index contributed by atoms with van der Waals surface area (Å²) in [6.07, 6.45) is 0. The minimum Gasteiger partial charge on any atom is -0.382 e. The fraction of sp³-hybridized carbons (Fsp3) is 0.467. The molecular weight excluding hydrogens is 304 g/mol. The van der Waals surface area contributed by atoms with Gasteiger partial charge in [0.2, 0.25) is 5.91 Å². The first-order chi connectivity index (χ1) is 9.85. The summed E-state index contributed by atoms with van der Waals surface area (Å²) in [6.45, 7) is 7.26. The van der Waals surface area contributed by atoms with Gasteiger partial charge in [0.25, 0.3) is 0 Å². The maximum absolute atomic E-state index is 12.0. The smallest absolute Gasteiger partial charge is 0.321 e. The van der Waals surface area contributed by atoms with Crippen LogP contribution in [0.25, 0.3) is 0 Å². The second-order valence-corrected chi connectivity index (χ2v) is 6.12. The molecule has 1 aliphatic rings. The van der Waals surface area contributed by atoms with Crippen LogP contribution in [0, 0.1) is 0 Å². The van der Waals surface area contributed by atoms with Gasteiger partial charge in [-0.25, -0.2) is 4.79 Å². The number of fused-ring (bicyclic) bond motifs is 1. The Balaban J connectivity index is 0.00000242. The number of urea groups is 1. The number of carbonyl (C=O) groups excluding carboxylic acids is 2. The molecule has 0 aliphatic carbocycles. The molecule has 0 saturated carbocycles. The number of hydrogen-bond donors (Lipinski definition) is 3. The fourth-order valence-corrected chi connectivity index (χ4v) is 2.22. The highest BCUT2D eigenvalue weighted by Crippen LogP contribution is 2.27. The molecule has 7 heteroatoms. The van der Waals surface area contributed by atoms with Gasteiger partial charge < -0.3 is 15.5 Å². The summed E-state index contributed by atoms with van der Waals surface area (Å²) in [5.41, 5.74) is 1.62. The zero-order chi connectivity index (χ0) is 15.5. The van der Waals surface area contributed by atoms with Gasteiger partial charge in [-0.2, -0.15) is 0 Å². The van der Waals surface area contributed by atoms with Crippen molar-refractivity contribution in [2.45, 2.75) is 26.3 Å². The number of para-hydroxylation sites is 2. The van der Waals surface area contributed by atoms with Gasteiger partial charge in [0.05, 0.1) is 17.9 Å². The lowest BCUT2D eigenvalue weighted by atomic mass is 10.1. The summed E-state index contributed by atoms with van der Waals surface area (Å²) in [5, 5.41) is 8.35. The van der Waals surface area contributed by atoms with Crippen molar-refractivity contribution in [2.24, 2.45) is 0 Å². The third-order valence-electron chi connectivity index (χ3n) is 3.02. The molecule has 0 aromatic heterocycles. The molecule has 3 N–H and O–H groups in total. The van der Waals surface area contributed by atoms with Crippen molar-refractivity contribution in [1.29, 1.82) is 0 Å². The van der Waals surface area contributed by atoms with E-state index in [9.17, 15) is 9.59 Å². The minimum atomic E-state index is -0.462. The zero-order valence-electron chi connectivity index (χ0n) is 13.1. The SMILES string of the molecule is CC(C)(C)NC(=O)NC(=O)CN1CCNc2ccccc21.Cl. The number of hydrogen-bond acceptors (Lipinski definition) is 4. The summed E-state index contributed by atoms with van der Waals surface area (Å²) < 4.78 is 0. The number of carbonyl (C=O) groups is 2. The first-order valence-corrected chi connectivity index (χ1v) is 7.05. The lowest BCUT2D eigenvalue weighted by Crippen LogP contribution is -2.51. The van der Waals surface area contributed by atoms with E-state index in [1.165, 1.54) is 0 Å². The van der Waals surface area contributed by atoms with E-state index in [0.717, 1.165) is 24.5 Å². The van der Waals surface area contributed by atoms with Crippen LogP contribution in [0.2, 0.25) is 0 Å². The molecule has 22 heavy (non-hydrogen) atoms. The highest BCUT2D eigenvalue weighted by molar-refractivity contribution is 5.97. The quantitative estimate of drug-likeness (QED) is 0.777. The van der Waals surface area contributed by atoms with E-state index >= 15 is 0 Å². The molecule has 1 aliphatic heterocycles. The normalized spacial score (nSPS) is 13.3. The lowest BCUT2D eigenvalue weighted by Gasteiger charge is -2.31. The number of benzene rings is 1. The van der Waals surface area contributed by atoms with Crippen LogP contribution in [0.15, 0.2) is 24.3 Å². The van der Waals surface area contributed by atoms with Gasteiger partial charge in [-0.05, 0) is 32.9 Å². The number of nitrogens with zero attached hydrogens (tertiary/aromatic N) is 1. The van der Waals surface area contributed by atoms with E-state index in [-0.39, 0.29) is 30.4 Å². The van der Waals surface area contributed by atoms with Crippen LogP contribution in [0.5, 0.6) is 0 Å². The Bertz CT molecular complexity index is 543. The second kappa shape index (κ2) is 7.35. The van der Waals surface area contributed by atoms with Gasteiger partial charge in [-0.3, -0.25) is 10.1 Å². The van der Waals surface area contributed by atoms with Gasteiger partial charge >= 0.3 is 6.03 Å². The summed E-state index contributed by atoms with van der Waals surface area (Å²) in [7, 11) is 0. The third-order valence-corrected chi connectivity index (χ3v) is 3.02. The third kappa shape index (κ3) is 5.11. The Labute approximate surface area is 137 Å². The van der Waals surface area contributed by atoms with Crippen LogP contribution in [-0.4, -0.2) is 37.1 Å². The molecule has 1 aromatic rings. The standard InChI is InChI=1S/C15H22N4O2.ClH/c1-15(2,3)18-14(21)17-13(20)10-19-9-8-16-11-6-4-5-7-12(11)19;/h4-7,16H,8-10H2,1-3H3,(H2,17,18,20,21);1H. The number of imide groups is 1. The maximum atomic E-state index is 12.0. The lowest BCUT2D eigenvalue weighted by molar-refractivity contribution is -0.118. The van der Waals surface area contributed by atoms with Gasteiger partial charge in [0.15, 0.2) is 0 Å². The van der Waals surface area contributed by atoms with Crippen LogP contribution in [-0.2, 0) is 4.79 Å². The molecule has 0 radical (unpaired) electrons. The fourth-order valence-electron chi connectivity index (χ4n) is 2.22. The predicted octanol–water partition coefficient (Wildman–Crippen LogP) is 1.96. The minimum absolute atomic E-state index is 0. The van der Waals surface area contributed by atoms with Crippen LogP contribution >= 0.6 is 12.4 Å². The Morgan fingerprint density at radius 2 is 1.95 bits per heavy atom.